The topological polar surface area (TPSA) is 67.9 Å². The number of rotatable bonds is 12. The average molecular weight is 462 g/mol. The van der Waals surface area contributed by atoms with Crippen LogP contribution in [0.2, 0.25) is 0 Å². The molecule has 32 heavy (non-hydrogen) atoms. The van der Waals surface area contributed by atoms with Crippen molar-refractivity contribution in [1.82, 2.24) is 4.90 Å². The van der Waals surface area contributed by atoms with Gasteiger partial charge in [0, 0.05) is 37.1 Å². The fraction of sp³-hybridized carbons (Fsp3) is 0.692. The second-order valence-corrected chi connectivity index (χ2v) is 9.63. The molecule has 3 rings (SSSR count). The number of halogens is 1. The lowest BCUT2D eigenvalue weighted by Gasteiger charge is -2.23. The number of hydrogen-bond donors (Lipinski definition) is 1. The normalized spacial score (nSPS) is 20.1. The fourth-order valence-electron chi connectivity index (χ4n) is 5.02. The summed E-state index contributed by atoms with van der Waals surface area (Å²) < 4.78 is 9.46. The monoisotopic (exact) mass is 461 g/mol. The highest BCUT2D eigenvalue weighted by Crippen LogP contribution is 2.24. The lowest BCUT2D eigenvalue weighted by molar-refractivity contribution is 0.0769. The Bertz CT molecular complexity index is 716. The third kappa shape index (κ3) is 7.77. The summed E-state index contributed by atoms with van der Waals surface area (Å²) in [7, 11) is 0. The Morgan fingerprint density at radius 2 is 1.72 bits per heavy atom. The first-order valence-electron chi connectivity index (χ1n) is 12.6. The van der Waals surface area contributed by atoms with Gasteiger partial charge in [0.2, 0.25) is 0 Å². The zero-order chi connectivity index (χ0) is 22.6. The minimum atomic E-state index is -0.183. The summed E-state index contributed by atoms with van der Waals surface area (Å²) in [5, 5.41) is 0. The Labute approximate surface area is 198 Å². The number of amidine groups is 1. The van der Waals surface area contributed by atoms with Crippen LogP contribution in [0.25, 0.3) is 0 Å². The summed E-state index contributed by atoms with van der Waals surface area (Å²) in [5.74, 6) is 1.15. The molecule has 1 saturated heterocycles. The fourth-order valence-corrected chi connectivity index (χ4v) is 5.13. The van der Waals surface area contributed by atoms with Crippen LogP contribution in [0.15, 0.2) is 28.8 Å². The van der Waals surface area contributed by atoms with Crippen LogP contribution in [-0.4, -0.2) is 42.4 Å². The van der Waals surface area contributed by atoms with Gasteiger partial charge < -0.3 is 15.4 Å². The molecule has 0 bridgehead atoms. The van der Waals surface area contributed by atoms with E-state index >= 15 is 0 Å². The summed E-state index contributed by atoms with van der Waals surface area (Å²) in [4.78, 5) is 14.6. The van der Waals surface area contributed by atoms with Crippen LogP contribution in [-0.2, 0) is 11.2 Å². The summed E-state index contributed by atoms with van der Waals surface area (Å²) in [5.41, 5.74) is 7.86. The zero-order valence-electron chi connectivity index (χ0n) is 19.4. The van der Waals surface area contributed by atoms with Gasteiger partial charge in [0.1, 0.15) is 5.84 Å². The number of likely N-dealkylation sites (tertiary alicyclic amines) is 1. The second kappa shape index (κ2) is 13.8. The average Bonchev–Trinajstić information content (AvgIpc) is 3.33. The van der Waals surface area contributed by atoms with Crippen LogP contribution < -0.4 is 5.73 Å². The van der Waals surface area contributed by atoms with Crippen molar-refractivity contribution in [3.63, 3.8) is 0 Å². The van der Waals surface area contributed by atoms with E-state index in [2.05, 4.69) is 16.6 Å². The minimum absolute atomic E-state index is 0.00743. The highest BCUT2D eigenvalue weighted by atomic mass is 35.5. The summed E-state index contributed by atoms with van der Waals surface area (Å²) in [6.45, 7) is 2.60. The van der Waals surface area contributed by atoms with Gasteiger partial charge in [-0.3, -0.25) is 4.79 Å². The number of nitrogens with two attached hydrogens (primary N) is 1. The van der Waals surface area contributed by atoms with E-state index in [1.165, 1.54) is 69.8 Å². The molecule has 0 aromatic heterocycles. The number of ether oxygens (including phenoxy) is 1. The van der Waals surface area contributed by atoms with Crippen LogP contribution in [0.1, 0.15) is 93.0 Å². The Morgan fingerprint density at radius 1 is 1.00 bits per heavy atom. The van der Waals surface area contributed by atoms with E-state index < -0.39 is 0 Å². The Morgan fingerprint density at radius 3 is 2.47 bits per heavy atom. The molecule has 2 aliphatic rings. The summed E-state index contributed by atoms with van der Waals surface area (Å²) in [6, 6.07) is 7.85. The van der Waals surface area contributed by atoms with E-state index in [0.29, 0.717) is 17.9 Å². The van der Waals surface area contributed by atoms with Crippen LogP contribution in [0.5, 0.6) is 0 Å². The first-order valence-corrected chi connectivity index (χ1v) is 12.9. The molecule has 1 aromatic rings. The molecule has 1 heterocycles. The molecule has 0 radical (unpaired) electrons. The molecular formula is C26H40ClN3O2. The van der Waals surface area contributed by atoms with Crippen LogP contribution in [0, 0.1) is 5.92 Å². The van der Waals surface area contributed by atoms with Crippen molar-refractivity contribution in [3.05, 3.63) is 35.4 Å². The predicted octanol–water partition coefficient (Wildman–Crippen LogP) is 5.89. The molecule has 1 aliphatic carbocycles. The van der Waals surface area contributed by atoms with Gasteiger partial charge in [-0.15, -0.1) is 0 Å². The summed E-state index contributed by atoms with van der Waals surface area (Å²) in [6.07, 6.45) is 15.9. The maximum absolute atomic E-state index is 12.8. The van der Waals surface area contributed by atoms with Crippen molar-refractivity contribution < 1.29 is 9.53 Å². The number of unbranched alkanes of at least 4 members (excludes halogenated alkanes) is 4. The quantitative estimate of drug-likeness (QED) is 0.239. The van der Waals surface area contributed by atoms with Crippen molar-refractivity contribution in [3.8, 4) is 0 Å². The molecule has 1 aliphatic heterocycles. The standard InChI is InChI=1S/C26H40ClN3O2/c27-29-25(28)24-13-9-18-30(24)26(31)23-16-14-21(15-17-23)10-5-2-1-3-8-19-32-20-22-11-6-4-7-12-22/h14-17,22,24H,1-13,18-20H2,(H2,28,29)/t24-/m0/s1. The second-order valence-electron chi connectivity index (χ2n) is 9.46. The minimum Gasteiger partial charge on any atom is -0.384 e. The van der Waals surface area contributed by atoms with E-state index in [9.17, 15) is 4.79 Å². The van der Waals surface area contributed by atoms with Gasteiger partial charge in [0.25, 0.3) is 5.91 Å². The number of aryl methyl sites for hydroxylation is 1. The molecular weight excluding hydrogens is 422 g/mol. The largest absolute Gasteiger partial charge is 0.384 e. The first-order chi connectivity index (χ1) is 15.7. The molecule has 6 heteroatoms. The van der Waals surface area contributed by atoms with Crippen molar-refractivity contribution in [2.24, 2.45) is 16.2 Å². The van der Waals surface area contributed by atoms with Gasteiger partial charge in [-0.25, -0.2) is 0 Å². The Kier molecular flexibility index (Phi) is 10.8. The predicted molar refractivity (Wildman–Crippen MR) is 132 cm³/mol. The molecule has 2 fully saturated rings. The Hall–Kier alpha value is -1.59. The van der Waals surface area contributed by atoms with Gasteiger partial charge in [-0.2, -0.15) is 4.51 Å². The number of hydrogen-bond acceptors (Lipinski definition) is 3. The van der Waals surface area contributed by atoms with Crippen molar-refractivity contribution in [2.75, 3.05) is 19.8 Å². The molecule has 0 spiro atoms. The highest BCUT2D eigenvalue weighted by molar-refractivity contribution is 6.20. The molecule has 2 N–H and O–H groups in total. The Balaban J connectivity index is 1.27. The first kappa shape index (κ1) is 25.0. The third-order valence-corrected chi connectivity index (χ3v) is 7.18. The van der Waals surface area contributed by atoms with Gasteiger partial charge >= 0.3 is 0 Å². The van der Waals surface area contributed by atoms with Gasteiger partial charge in [0.15, 0.2) is 0 Å². The SMILES string of the molecule is N/C(=N/Cl)[C@@H]1CCCN1C(=O)c1ccc(CCCCCCCOCC2CCCCC2)cc1. The lowest BCUT2D eigenvalue weighted by atomic mass is 9.90. The van der Waals surface area contributed by atoms with E-state index in [0.717, 1.165) is 38.4 Å². The van der Waals surface area contributed by atoms with Gasteiger partial charge in [-0.05, 0) is 68.6 Å². The molecule has 1 amide bonds. The van der Waals surface area contributed by atoms with Gasteiger partial charge in [-0.1, -0.05) is 50.7 Å². The van der Waals surface area contributed by atoms with E-state index in [1.54, 1.807) is 4.90 Å². The molecule has 0 unspecified atom stereocenters. The molecule has 1 saturated carbocycles. The van der Waals surface area contributed by atoms with E-state index in [4.69, 9.17) is 22.2 Å². The van der Waals surface area contributed by atoms with E-state index in [-0.39, 0.29) is 11.9 Å². The van der Waals surface area contributed by atoms with Crippen molar-refractivity contribution >= 4 is 23.5 Å². The third-order valence-electron chi connectivity index (χ3n) is 6.99. The number of carbonyl (C=O) groups excluding carboxylic acids is 1. The number of carbonyl (C=O) groups is 1. The lowest BCUT2D eigenvalue weighted by Crippen LogP contribution is -2.43. The maximum Gasteiger partial charge on any atom is 0.254 e. The van der Waals surface area contributed by atoms with Crippen molar-refractivity contribution in [1.29, 1.82) is 0 Å². The number of nitrogens with zero attached hydrogens (tertiary/aromatic N) is 2. The number of benzene rings is 1. The zero-order valence-corrected chi connectivity index (χ0v) is 20.2. The maximum atomic E-state index is 12.8. The van der Waals surface area contributed by atoms with E-state index in [1.807, 2.05) is 12.1 Å². The molecule has 5 nitrogen and oxygen atoms in total. The molecule has 1 atom stereocenters. The van der Waals surface area contributed by atoms with Crippen LogP contribution >= 0.6 is 11.8 Å². The van der Waals surface area contributed by atoms with Crippen LogP contribution in [0.4, 0.5) is 0 Å². The van der Waals surface area contributed by atoms with Gasteiger partial charge in [0.05, 0.1) is 6.04 Å². The number of amides is 1. The summed E-state index contributed by atoms with van der Waals surface area (Å²) >= 11 is 5.52. The van der Waals surface area contributed by atoms with Crippen molar-refractivity contribution in [2.45, 2.75) is 89.5 Å². The smallest absolute Gasteiger partial charge is 0.254 e. The molecule has 178 valence electrons. The highest BCUT2D eigenvalue weighted by Gasteiger charge is 2.32. The molecule has 1 aromatic carbocycles. The van der Waals surface area contributed by atoms with Crippen LogP contribution in [0.3, 0.4) is 0 Å².